The average Bonchev–Trinajstić information content (AvgIpc) is 2.52. The molecule has 1 fully saturated rings. The number of nitro benzene ring substituents is 2. The number of ether oxygens (including phenoxy) is 1. The molecule has 0 heterocycles. The average molecular weight is 323 g/mol. The molecule has 9 nitrogen and oxygen atoms in total. The minimum absolute atomic E-state index is 0.198. The van der Waals surface area contributed by atoms with Gasteiger partial charge in [-0.05, 0) is 12.8 Å². The number of rotatable bonds is 5. The highest BCUT2D eigenvalue weighted by Gasteiger charge is 2.29. The number of carbonyl (C=O) groups excluding carboxylic acids is 1. The zero-order valence-corrected chi connectivity index (χ0v) is 12.3. The van der Waals surface area contributed by atoms with Crippen LogP contribution in [0.15, 0.2) is 18.2 Å². The van der Waals surface area contributed by atoms with Crippen LogP contribution in [0.25, 0.3) is 0 Å². The first-order valence-electron chi connectivity index (χ1n) is 7.23. The van der Waals surface area contributed by atoms with E-state index in [1.807, 2.05) is 0 Å². The lowest BCUT2D eigenvalue weighted by Gasteiger charge is -2.26. The summed E-state index contributed by atoms with van der Waals surface area (Å²) in [6.07, 6.45) is 3.27. The number of benzene rings is 1. The van der Waals surface area contributed by atoms with Gasteiger partial charge in [-0.15, -0.1) is 0 Å². The van der Waals surface area contributed by atoms with Gasteiger partial charge >= 0.3 is 5.97 Å². The van der Waals surface area contributed by atoms with Crippen LogP contribution in [0.4, 0.5) is 11.4 Å². The van der Waals surface area contributed by atoms with E-state index >= 15 is 0 Å². The quantitative estimate of drug-likeness (QED) is 0.497. The molecule has 1 aromatic carbocycles. The molecule has 1 aromatic rings. The number of esters is 1. The van der Waals surface area contributed by atoms with E-state index in [1.165, 1.54) is 0 Å². The van der Waals surface area contributed by atoms with Crippen LogP contribution in [-0.4, -0.2) is 21.9 Å². The summed E-state index contributed by atoms with van der Waals surface area (Å²) in [5, 5.41) is 21.6. The standard InChI is InChI=1S/C14H17N3O6/c15-13-4-2-1-3-12(13)14(18)23-8-9-5-10(16(19)20)7-11(6-9)17(21)22/h5-7,12-13H,1-4,8,15H2/t12-,13+/m0/s1. The van der Waals surface area contributed by atoms with Crippen LogP contribution >= 0.6 is 0 Å². The van der Waals surface area contributed by atoms with Gasteiger partial charge in [-0.2, -0.15) is 0 Å². The zero-order chi connectivity index (χ0) is 17.0. The molecule has 0 spiro atoms. The Hall–Kier alpha value is -2.55. The first-order valence-corrected chi connectivity index (χ1v) is 7.23. The highest BCUT2D eigenvalue weighted by atomic mass is 16.6. The fourth-order valence-corrected chi connectivity index (χ4v) is 2.66. The van der Waals surface area contributed by atoms with Crippen molar-refractivity contribution in [2.24, 2.45) is 11.7 Å². The number of nitrogens with zero attached hydrogens (tertiary/aromatic N) is 2. The minimum atomic E-state index is -0.727. The summed E-state index contributed by atoms with van der Waals surface area (Å²) in [4.78, 5) is 32.2. The van der Waals surface area contributed by atoms with Crippen LogP contribution in [0.3, 0.4) is 0 Å². The van der Waals surface area contributed by atoms with Gasteiger partial charge in [0.25, 0.3) is 11.4 Å². The first kappa shape index (κ1) is 16.8. The minimum Gasteiger partial charge on any atom is -0.461 e. The van der Waals surface area contributed by atoms with Crippen LogP contribution in [-0.2, 0) is 16.1 Å². The van der Waals surface area contributed by atoms with Crippen molar-refractivity contribution >= 4 is 17.3 Å². The van der Waals surface area contributed by atoms with Crippen molar-refractivity contribution in [2.75, 3.05) is 0 Å². The summed E-state index contributed by atoms with van der Waals surface area (Å²) in [5.41, 5.74) is 5.26. The van der Waals surface area contributed by atoms with Gasteiger partial charge in [-0.25, -0.2) is 0 Å². The maximum Gasteiger partial charge on any atom is 0.310 e. The lowest BCUT2D eigenvalue weighted by atomic mass is 9.85. The van der Waals surface area contributed by atoms with Crippen LogP contribution < -0.4 is 5.73 Å². The molecule has 0 bridgehead atoms. The molecule has 2 atom stereocenters. The fraction of sp³-hybridized carbons (Fsp3) is 0.500. The lowest BCUT2D eigenvalue weighted by molar-refractivity contribution is -0.394. The van der Waals surface area contributed by atoms with Gasteiger partial charge in [0.05, 0.1) is 21.8 Å². The number of non-ortho nitro benzene ring substituents is 2. The number of hydrogen-bond acceptors (Lipinski definition) is 7. The van der Waals surface area contributed by atoms with Gasteiger partial charge < -0.3 is 10.5 Å². The van der Waals surface area contributed by atoms with E-state index in [9.17, 15) is 25.0 Å². The number of nitro groups is 2. The molecule has 1 saturated carbocycles. The Kier molecular flexibility index (Phi) is 5.22. The SMILES string of the molecule is N[C@@H]1CCCC[C@@H]1C(=O)OCc1cc([N+](=O)[O-])cc([N+](=O)[O-])c1. The Bertz CT molecular complexity index is 601. The summed E-state index contributed by atoms with van der Waals surface area (Å²) < 4.78 is 5.14. The summed E-state index contributed by atoms with van der Waals surface area (Å²) in [6.45, 7) is -0.259. The third-order valence-corrected chi connectivity index (χ3v) is 3.89. The van der Waals surface area contributed by atoms with E-state index in [0.29, 0.717) is 6.42 Å². The van der Waals surface area contributed by atoms with Crippen molar-refractivity contribution in [3.63, 3.8) is 0 Å². The van der Waals surface area contributed by atoms with E-state index in [-0.39, 0.29) is 18.2 Å². The zero-order valence-electron chi connectivity index (χ0n) is 12.3. The van der Waals surface area contributed by atoms with Gasteiger partial charge in [0.2, 0.25) is 0 Å². The fourth-order valence-electron chi connectivity index (χ4n) is 2.66. The van der Waals surface area contributed by atoms with Gasteiger partial charge in [-0.3, -0.25) is 25.0 Å². The molecule has 2 N–H and O–H groups in total. The molecular weight excluding hydrogens is 306 g/mol. The van der Waals surface area contributed by atoms with Crippen molar-refractivity contribution in [1.29, 1.82) is 0 Å². The second kappa shape index (κ2) is 7.14. The van der Waals surface area contributed by atoms with Gasteiger partial charge in [0, 0.05) is 23.7 Å². The molecule has 23 heavy (non-hydrogen) atoms. The van der Waals surface area contributed by atoms with Crippen molar-refractivity contribution in [3.05, 3.63) is 44.0 Å². The smallest absolute Gasteiger partial charge is 0.310 e. The Morgan fingerprint density at radius 1 is 1.13 bits per heavy atom. The molecule has 2 rings (SSSR count). The molecule has 0 aromatic heterocycles. The van der Waals surface area contributed by atoms with Crippen LogP contribution in [0.5, 0.6) is 0 Å². The summed E-state index contributed by atoms with van der Waals surface area (Å²) in [6, 6.07) is 2.92. The normalized spacial score (nSPS) is 20.7. The van der Waals surface area contributed by atoms with Crippen molar-refractivity contribution in [3.8, 4) is 0 Å². The third-order valence-electron chi connectivity index (χ3n) is 3.89. The summed E-state index contributed by atoms with van der Waals surface area (Å²) in [5.74, 6) is -0.858. The number of nitrogens with two attached hydrogens (primary N) is 1. The lowest BCUT2D eigenvalue weighted by Crippen LogP contribution is -2.38. The molecule has 1 aliphatic carbocycles. The first-order chi connectivity index (χ1) is 10.9. The molecular formula is C14H17N3O6. The largest absolute Gasteiger partial charge is 0.461 e. The van der Waals surface area contributed by atoms with Crippen LogP contribution in [0, 0.1) is 26.1 Å². The Labute approximate surface area is 131 Å². The molecule has 0 saturated heterocycles. The van der Waals surface area contributed by atoms with E-state index < -0.39 is 33.1 Å². The molecule has 1 aliphatic rings. The van der Waals surface area contributed by atoms with E-state index in [0.717, 1.165) is 37.5 Å². The molecule has 0 unspecified atom stereocenters. The number of hydrogen-bond donors (Lipinski definition) is 1. The highest BCUT2D eigenvalue weighted by molar-refractivity contribution is 5.73. The maximum absolute atomic E-state index is 12.0. The van der Waals surface area contributed by atoms with Gasteiger partial charge in [0.1, 0.15) is 6.61 Å². The Morgan fingerprint density at radius 3 is 2.22 bits per heavy atom. The van der Waals surface area contributed by atoms with E-state index in [4.69, 9.17) is 10.5 Å². The Morgan fingerprint density at radius 2 is 1.70 bits per heavy atom. The molecule has 124 valence electrons. The van der Waals surface area contributed by atoms with E-state index in [1.54, 1.807) is 0 Å². The van der Waals surface area contributed by atoms with E-state index in [2.05, 4.69) is 0 Å². The predicted molar refractivity (Wildman–Crippen MR) is 79.5 cm³/mol. The van der Waals surface area contributed by atoms with Crippen LogP contribution in [0.1, 0.15) is 31.2 Å². The summed E-state index contributed by atoms with van der Waals surface area (Å²) >= 11 is 0. The molecule has 9 heteroatoms. The second-order valence-electron chi connectivity index (χ2n) is 5.53. The molecule has 0 aliphatic heterocycles. The molecule has 0 amide bonds. The van der Waals surface area contributed by atoms with Crippen LogP contribution in [0.2, 0.25) is 0 Å². The van der Waals surface area contributed by atoms with Crippen molar-refractivity contribution < 1.29 is 19.4 Å². The van der Waals surface area contributed by atoms with Gasteiger partial charge in [0.15, 0.2) is 0 Å². The Balaban J connectivity index is 2.08. The monoisotopic (exact) mass is 323 g/mol. The third kappa shape index (κ3) is 4.22. The second-order valence-corrected chi connectivity index (χ2v) is 5.53. The van der Waals surface area contributed by atoms with Gasteiger partial charge in [-0.1, -0.05) is 12.8 Å². The molecule has 0 radical (unpaired) electrons. The number of carbonyl (C=O) groups is 1. The predicted octanol–water partition coefficient (Wildman–Crippen LogP) is 2.06. The van der Waals surface area contributed by atoms with Crippen molar-refractivity contribution in [2.45, 2.75) is 38.3 Å². The maximum atomic E-state index is 12.0. The topological polar surface area (TPSA) is 139 Å². The summed E-state index contributed by atoms with van der Waals surface area (Å²) in [7, 11) is 0. The van der Waals surface area contributed by atoms with Crippen molar-refractivity contribution in [1.82, 2.24) is 0 Å². The highest BCUT2D eigenvalue weighted by Crippen LogP contribution is 2.26.